The lowest BCUT2D eigenvalue weighted by Gasteiger charge is -2.11. The molecule has 0 spiro atoms. The number of rotatable bonds is 8. The molecule has 5 heteroatoms. The van der Waals surface area contributed by atoms with Crippen LogP contribution in [0, 0.1) is 0 Å². The second-order valence-corrected chi connectivity index (χ2v) is 7.99. The van der Waals surface area contributed by atoms with Crippen molar-refractivity contribution >= 4 is 22.6 Å². The smallest absolute Gasteiger partial charge is 0.224 e. The number of nitrogens with zero attached hydrogens (tertiary/aromatic N) is 3. The van der Waals surface area contributed by atoms with Crippen molar-refractivity contribution in [2.75, 3.05) is 26.0 Å². The maximum absolute atomic E-state index is 12.6. The highest BCUT2D eigenvalue weighted by atomic mass is 16.1. The molecule has 0 atom stereocenters. The minimum atomic E-state index is -0.00675. The van der Waals surface area contributed by atoms with Gasteiger partial charge >= 0.3 is 0 Å². The first-order valence-electron chi connectivity index (χ1n) is 10.7. The fourth-order valence-corrected chi connectivity index (χ4v) is 3.67. The molecule has 1 N–H and O–H groups in total. The summed E-state index contributed by atoms with van der Waals surface area (Å²) in [6.45, 7) is 1.01. The zero-order chi connectivity index (χ0) is 21.6. The van der Waals surface area contributed by atoms with Crippen LogP contribution in [0.5, 0.6) is 0 Å². The van der Waals surface area contributed by atoms with Gasteiger partial charge in [-0.1, -0.05) is 42.5 Å². The van der Waals surface area contributed by atoms with Crippen molar-refractivity contribution in [1.29, 1.82) is 0 Å². The van der Waals surface area contributed by atoms with Crippen LogP contribution < -0.4 is 5.32 Å². The Labute approximate surface area is 183 Å². The highest BCUT2D eigenvalue weighted by Crippen LogP contribution is 2.22. The molecule has 0 fully saturated rings. The van der Waals surface area contributed by atoms with Gasteiger partial charge in [0.15, 0.2) is 0 Å². The maximum atomic E-state index is 12.6. The van der Waals surface area contributed by atoms with Crippen LogP contribution in [0.25, 0.3) is 16.7 Å². The Morgan fingerprint density at radius 2 is 1.61 bits per heavy atom. The molecule has 0 radical (unpaired) electrons. The standard InChI is InChI=1S/C26H28N4O/c1-29(2)19-18-20-12-14-21(15-13-20)27-26(31)17-16-25-28-23-10-6-7-11-24(23)30(25)22-8-4-3-5-9-22/h3-15H,16-19H2,1-2H3,(H,27,31). The number of amides is 1. The number of nitrogens with one attached hydrogen (secondary N) is 1. The van der Waals surface area contributed by atoms with E-state index in [4.69, 9.17) is 4.98 Å². The van der Waals surface area contributed by atoms with E-state index < -0.39 is 0 Å². The highest BCUT2D eigenvalue weighted by Gasteiger charge is 2.13. The summed E-state index contributed by atoms with van der Waals surface area (Å²) in [5.41, 5.74) is 5.14. The van der Waals surface area contributed by atoms with Gasteiger partial charge in [0, 0.05) is 30.8 Å². The van der Waals surface area contributed by atoms with Crippen LogP contribution in [-0.2, 0) is 17.6 Å². The maximum Gasteiger partial charge on any atom is 0.224 e. The Balaban J connectivity index is 1.44. The number of hydrogen-bond acceptors (Lipinski definition) is 3. The summed E-state index contributed by atoms with van der Waals surface area (Å²) in [5.74, 6) is 0.884. The van der Waals surface area contributed by atoms with E-state index in [2.05, 4.69) is 59.2 Å². The van der Waals surface area contributed by atoms with Crippen LogP contribution >= 0.6 is 0 Å². The van der Waals surface area contributed by atoms with Crippen molar-refractivity contribution in [2.45, 2.75) is 19.3 Å². The molecule has 0 aliphatic rings. The fraction of sp³-hybridized carbons (Fsp3) is 0.231. The van der Waals surface area contributed by atoms with Gasteiger partial charge in [-0.2, -0.15) is 0 Å². The van der Waals surface area contributed by atoms with E-state index in [-0.39, 0.29) is 5.91 Å². The summed E-state index contributed by atoms with van der Waals surface area (Å²) in [6.07, 6.45) is 1.94. The van der Waals surface area contributed by atoms with Crippen LogP contribution in [0.1, 0.15) is 17.8 Å². The number of hydrogen-bond donors (Lipinski definition) is 1. The molecule has 0 aliphatic carbocycles. The lowest BCUT2D eigenvalue weighted by atomic mass is 10.1. The normalized spacial score (nSPS) is 11.2. The van der Waals surface area contributed by atoms with Crippen molar-refractivity contribution < 1.29 is 4.79 Å². The molecule has 5 nitrogen and oxygen atoms in total. The van der Waals surface area contributed by atoms with E-state index in [9.17, 15) is 4.79 Å². The average molecular weight is 413 g/mol. The molecule has 31 heavy (non-hydrogen) atoms. The van der Waals surface area contributed by atoms with E-state index in [0.29, 0.717) is 12.8 Å². The quantitative estimate of drug-likeness (QED) is 0.456. The predicted molar refractivity (Wildman–Crippen MR) is 127 cm³/mol. The molecule has 1 amide bonds. The Hall–Kier alpha value is -3.44. The molecule has 0 bridgehead atoms. The van der Waals surface area contributed by atoms with Gasteiger partial charge in [0.2, 0.25) is 5.91 Å². The van der Waals surface area contributed by atoms with Crippen molar-refractivity contribution in [3.8, 4) is 5.69 Å². The van der Waals surface area contributed by atoms with Gasteiger partial charge in [0.1, 0.15) is 5.82 Å². The fourth-order valence-electron chi connectivity index (χ4n) is 3.67. The van der Waals surface area contributed by atoms with Crippen molar-refractivity contribution in [3.05, 3.63) is 90.3 Å². The lowest BCUT2D eigenvalue weighted by Crippen LogP contribution is -2.15. The summed E-state index contributed by atoms with van der Waals surface area (Å²) in [7, 11) is 4.14. The van der Waals surface area contributed by atoms with Crippen LogP contribution in [0.3, 0.4) is 0 Å². The monoisotopic (exact) mass is 412 g/mol. The van der Waals surface area contributed by atoms with E-state index >= 15 is 0 Å². The van der Waals surface area contributed by atoms with Crippen LogP contribution in [0.2, 0.25) is 0 Å². The van der Waals surface area contributed by atoms with Gasteiger partial charge in [-0.25, -0.2) is 4.98 Å². The molecule has 1 aromatic heterocycles. The molecule has 0 saturated carbocycles. The summed E-state index contributed by atoms with van der Waals surface area (Å²) >= 11 is 0. The lowest BCUT2D eigenvalue weighted by molar-refractivity contribution is -0.116. The van der Waals surface area contributed by atoms with E-state index in [1.165, 1.54) is 5.56 Å². The number of fused-ring (bicyclic) bond motifs is 1. The first-order valence-corrected chi connectivity index (χ1v) is 10.7. The number of carbonyl (C=O) groups excluding carboxylic acids is 1. The van der Waals surface area contributed by atoms with Gasteiger partial charge in [-0.3, -0.25) is 9.36 Å². The second kappa shape index (κ2) is 9.58. The number of aryl methyl sites for hydroxylation is 1. The number of aromatic nitrogens is 2. The van der Waals surface area contributed by atoms with Crippen LogP contribution in [0.15, 0.2) is 78.9 Å². The van der Waals surface area contributed by atoms with E-state index in [1.54, 1.807) is 0 Å². The SMILES string of the molecule is CN(C)CCc1ccc(NC(=O)CCc2nc3ccccc3n2-c2ccccc2)cc1. The molecular weight excluding hydrogens is 384 g/mol. The number of para-hydroxylation sites is 3. The largest absolute Gasteiger partial charge is 0.326 e. The van der Waals surface area contributed by atoms with Gasteiger partial charge in [-0.15, -0.1) is 0 Å². The summed E-state index contributed by atoms with van der Waals surface area (Å²) in [5, 5.41) is 3.01. The van der Waals surface area contributed by atoms with Crippen molar-refractivity contribution in [3.63, 3.8) is 0 Å². The Kier molecular flexibility index (Phi) is 6.43. The summed E-state index contributed by atoms with van der Waals surface area (Å²) in [6, 6.07) is 26.3. The van der Waals surface area contributed by atoms with Gasteiger partial charge in [-0.05, 0) is 62.5 Å². The minimum absolute atomic E-state index is 0.00675. The molecule has 0 unspecified atom stereocenters. The Morgan fingerprint density at radius 3 is 2.35 bits per heavy atom. The average Bonchev–Trinajstić information content (AvgIpc) is 3.16. The third-order valence-electron chi connectivity index (χ3n) is 5.31. The number of benzene rings is 3. The number of likely N-dealkylation sites (N-methyl/N-ethyl adjacent to an activating group) is 1. The molecule has 4 rings (SSSR count). The van der Waals surface area contributed by atoms with Crippen LogP contribution in [0.4, 0.5) is 5.69 Å². The molecule has 0 saturated heterocycles. The number of anilines is 1. The third-order valence-corrected chi connectivity index (χ3v) is 5.31. The summed E-state index contributed by atoms with van der Waals surface area (Å²) in [4.78, 5) is 19.6. The van der Waals surface area contributed by atoms with Gasteiger partial charge in [0.05, 0.1) is 11.0 Å². The Bertz CT molecular complexity index is 1150. The van der Waals surface area contributed by atoms with Crippen molar-refractivity contribution in [2.24, 2.45) is 0 Å². The first kappa shape index (κ1) is 20.8. The molecule has 1 heterocycles. The summed E-state index contributed by atoms with van der Waals surface area (Å²) < 4.78 is 2.14. The van der Waals surface area contributed by atoms with E-state index in [0.717, 1.165) is 41.2 Å². The zero-order valence-corrected chi connectivity index (χ0v) is 18.1. The second-order valence-electron chi connectivity index (χ2n) is 7.99. The molecule has 3 aromatic carbocycles. The predicted octanol–water partition coefficient (Wildman–Crippen LogP) is 4.70. The molecule has 158 valence electrons. The van der Waals surface area contributed by atoms with Gasteiger partial charge < -0.3 is 10.2 Å². The molecular formula is C26H28N4O. The Morgan fingerprint density at radius 1 is 0.903 bits per heavy atom. The highest BCUT2D eigenvalue weighted by molar-refractivity contribution is 5.91. The van der Waals surface area contributed by atoms with Crippen LogP contribution in [-0.4, -0.2) is 41.0 Å². The number of imidazole rings is 1. The van der Waals surface area contributed by atoms with Gasteiger partial charge in [0.25, 0.3) is 0 Å². The minimum Gasteiger partial charge on any atom is -0.326 e. The third kappa shape index (κ3) is 5.19. The van der Waals surface area contributed by atoms with E-state index in [1.807, 2.05) is 48.5 Å². The number of carbonyl (C=O) groups is 1. The first-order chi connectivity index (χ1) is 15.1. The van der Waals surface area contributed by atoms with Crippen molar-refractivity contribution in [1.82, 2.24) is 14.5 Å². The molecule has 4 aromatic rings. The zero-order valence-electron chi connectivity index (χ0n) is 18.1. The molecule has 0 aliphatic heterocycles. The topological polar surface area (TPSA) is 50.2 Å².